The lowest BCUT2D eigenvalue weighted by Crippen LogP contribution is -2.34. The van der Waals surface area contributed by atoms with Crippen molar-refractivity contribution < 1.29 is 14.3 Å². The van der Waals surface area contributed by atoms with Crippen molar-refractivity contribution >= 4 is 29.0 Å². The van der Waals surface area contributed by atoms with Crippen LogP contribution in [-0.2, 0) is 11.2 Å². The Morgan fingerprint density at radius 3 is 2.60 bits per heavy atom. The van der Waals surface area contributed by atoms with E-state index in [-0.39, 0.29) is 11.9 Å². The lowest BCUT2D eigenvalue weighted by Gasteiger charge is -2.28. The van der Waals surface area contributed by atoms with Crippen LogP contribution >= 0.6 is 0 Å². The smallest absolute Gasteiger partial charge is 0.323 e. The number of carbonyl (C=O) groups is 2. The lowest BCUT2D eigenvalue weighted by atomic mass is 10.0. The Labute approximate surface area is 146 Å². The fourth-order valence-corrected chi connectivity index (χ4v) is 2.98. The molecule has 0 spiro atoms. The first-order valence-corrected chi connectivity index (χ1v) is 8.26. The zero-order valence-corrected chi connectivity index (χ0v) is 14.3. The highest BCUT2D eigenvalue weighted by Crippen LogP contribution is 2.30. The Balaban J connectivity index is 1.71. The molecule has 3 rings (SSSR count). The molecule has 0 radical (unpaired) electrons. The summed E-state index contributed by atoms with van der Waals surface area (Å²) in [7, 11) is 1.58. The highest BCUT2D eigenvalue weighted by molar-refractivity contribution is 6.01. The predicted molar refractivity (Wildman–Crippen MR) is 98.4 cm³/mol. The number of hydrogen-bond donors (Lipinski definition) is 2. The van der Waals surface area contributed by atoms with Crippen LogP contribution in [0.25, 0.3) is 0 Å². The van der Waals surface area contributed by atoms with Crippen LogP contribution < -0.4 is 20.3 Å². The highest BCUT2D eigenvalue weighted by atomic mass is 16.5. The monoisotopic (exact) mass is 339 g/mol. The summed E-state index contributed by atoms with van der Waals surface area (Å²) in [4.78, 5) is 25.9. The molecule has 6 heteroatoms. The molecule has 0 bridgehead atoms. The van der Waals surface area contributed by atoms with Crippen LogP contribution in [0.4, 0.5) is 21.9 Å². The molecule has 1 heterocycles. The lowest BCUT2D eigenvalue weighted by molar-refractivity contribution is -0.118. The minimum Gasteiger partial charge on any atom is -0.497 e. The van der Waals surface area contributed by atoms with Crippen molar-refractivity contribution in [3.63, 3.8) is 0 Å². The van der Waals surface area contributed by atoms with Crippen LogP contribution in [0, 0.1) is 0 Å². The van der Waals surface area contributed by atoms with Crippen LogP contribution in [0.3, 0.4) is 0 Å². The fourth-order valence-electron chi connectivity index (χ4n) is 2.98. The van der Waals surface area contributed by atoms with E-state index in [4.69, 9.17) is 4.74 Å². The van der Waals surface area contributed by atoms with E-state index in [2.05, 4.69) is 10.6 Å². The second-order valence-electron chi connectivity index (χ2n) is 5.79. The Bertz CT molecular complexity index is 804. The number of carbonyl (C=O) groups excluding carboxylic acids is 2. The average molecular weight is 339 g/mol. The zero-order valence-electron chi connectivity index (χ0n) is 14.3. The van der Waals surface area contributed by atoms with Crippen molar-refractivity contribution in [2.75, 3.05) is 29.2 Å². The van der Waals surface area contributed by atoms with E-state index in [1.165, 1.54) is 0 Å². The molecule has 2 aromatic carbocycles. The molecule has 0 unspecified atom stereocenters. The van der Waals surface area contributed by atoms with Crippen molar-refractivity contribution in [2.45, 2.75) is 19.8 Å². The van der Waals surface area contributed by atoms with E-state index in [1.54, 1.807) is 24.1 Å². The molecule has 25 heavy (non-hydrogen) atoms. The van der Waals surface area contributed by atoms with Gasteiger partial charge in [-0.2, -0.15) is 0 Å². The molecule has 0 fully saturated rings. The van der Waals surface area contributed by atoms with Gasteiger partial charge in [0, 0.05) is 36.1 Å². The molecule has 1 aliphatic rings. The Hall–Kier alpha value is -3.02. The van der Waals surface area contributed by atoms with Gasteiger partial charge in [0.15, 0.2) is 0 Å². The third-order valence-electron chi connectivity index (χ3n) is 4.18. The predicted octanol–water partition coefficient (Wildman–Crippen LogP) is 3.64. The van der Waals surface area contributed by atoms with Crippen LogP contribution in [-0.4, -0.2) is 25.6 Å². The van der Waals surface area contributed by atoms with Gasteiger partial charge in [-0.25, -0.2) is 4.79 Å². The third-order valence-corrected chi connectivity index (χ3v) is 4.18. The summed E-state index contributed by atoms with van der Waals surface area (Å²) in [6, 6.07) is 12.5. The molecular formula is C19H21N3O3. The number of nitrogens with one attached hydrogen (secondary N) is 2. The molecule has 3 amide bonds. The molecular weight excluding hydrogens is 318 g/mol. The van der Waals surface area contributed by atoms with Crippen molar-refractivity contribution in [3.8, 4) is 5.75 Å². The summed E-state index contributed by atoms with van der Waals surface area (Å²) in [5.41, 5.74) is 3.35. The molecule has 0 aromatic heterocycles. The highest BCUT2D eigenvalue weighted by Gasteiger charge is 2.22. The number of aryl methyl sites for hydroxylation is 1. The fraction of sp³-hybridized carbons (Fsp3) is 0.263. The summed E-state index contributed by atoms with van der Waals surface area (Å²) < 4.78 is 5.14. The van der Waals surface area contributed by atoms with Gasteiger partial charge in [0.25, 0.3) is 0 Å². The molecule has 1 aliphatic heterocycles. The minimum absolute atomic E-state index is 0.145. The first-order valence-electron chi connectivity index (χ1n) is 8.26. The number of fused-ring (bicyclic) bond motifs is 1. The van der Waals surface area contributed by atoms with Gasteiger partial charge in [0.05, 0.1) is 7.11 Å². The van der Waals surface area contributed by atoms with E-state index in [0.29, 0.717) is 36.5 Å². The maximum Gasteiger partial charge on any atom is 0.323 e. The van der Waals surface area contributed by atoms with Crippen LogP contribution in [0.2, 0.25) is 0 Å². The minimum atomic E-state index is -0.326. The normalized spacial score (nSPS) is 13.2. The summed E-state index contributed by atoms with van der Waals surface area (Å²) in [6.45, 7) is 2.61. The Morgan fingerprint density at radius 2 is 1.88 bits per heavy atom. The van der Waals surface area contributed by atoms with Crippen LogP contribution in [0.15, 0.2) is 42.5 Å². The summed E-state index contributed by atoms with van der Waals surface area (Å²) >= 11 is 0. The van der Waals surface area contributed by atoms with Gasteiger partial charge in [-0.15, -0.1) is 0 Å². The van der Waals surface area contributed by atoms with Gasteiger partial charge in [-0.3, -0.25) is 4.79 Å². The van der Waals surface area contributed by atoms with E-state index in [1.807, 2.05) is 37.3 Å². The van der Waals surface area contributed by atoms with Crippen molar-refractivity contribution in [3.05, 3.63) is 48.0 Å². The van der Waals surface area contributed by atoms with Gasteiger partial charge in [-0.05, 0) is 49.2 Å². The quantitative estimate of drug-likeness (QED) is 0.893. The molecule has 2 aromatic rings. The number of anilines is 3. The maximum atomic E-state index is 12.2. The van der Waals surface area contributed by atoms with Crippen molar-refractivity contribution in [2.24, 2.45) is 0 Å². The number of nitrogens with zero attached hydrogens (tertiary/aromatic N) is 1. The molecule has 0 atom stereocenters. The number of amides is 3. The van der Waals surface area contributed by atoms with Crippen LogP contribution in [0.5, 0.6) is 5.75 Å². The molecule has 0 saturated heterocycles. The average Bonchev–Trinajstić information content (AvgIpc) is 2.62. The Kier molecular flexibility index (Phi) is 4.88. The molecule has 0 saturated carbocycles. The van der Waals surface area contributed by atoms with E-state index in [0.717, 1.165) is 11.3 Å². The van der Waals surface area contributed by atoms with E-state index >= 15 is 0 Å². The Morgan fingerprint density at radius 1 is 1.12 bits per heavy atom. The number of urea groups is 1. The second kappa shape index (κ2) is 7.25. The second-order valence-corrected chi connectivity index (χ2v) is 5.79. The standard InChI is InChI=1S/C19H21N3O3/c1-3-22-17-9-8-15(11-13(17)7-10-18(22)23)21-19(24)20-14-5-4-6-16(12-14)25-2/h4-6,8-9,11-12H,3,7,10H2,1-2H3,(H2,20,21,24). The molecule has 130 valence electrons. The van der Waals surface area contributed by atoms with Gasteiger partial charge in [0.1, 0.15) is 5.75 Å². The molecule has 6 nitrogen and oxygen atoms in total. The summed E-state index contributed by atoms with van der Waals surface area (Å²) in [5, 5.41) is 5.61. The SMILES string of the molecule is CCN1C(=O)CCc2cc(NC(=O)Nc3cccc(OC)c3)ccc21. The number of methoxy groups -OCH3 is 1. The topological polar surface area (TPSA) is 70.7 Å². The number of ether oxygens (including phenoxy) is 1. The largest absolute Gasteiger partial charge is 0.497 e. The first kappa shape index (κ1) is 16.8. The summed E-state index contributed by atoms with van der Waals surface area (Å²) in [5.74, 6) is 0.822. The van der Waals surface area contributed by atoms with Crippen LogP contribution in [0.1, 0.15) is 18.9 Å². The van der Waals surface area contributed by atoms with Crippen molar-refractivity contribution in [1.29, 1.82) is 0 Å². The molecule has 2 N–H and O–H groups in total. The van der Waals surface area contributed by atoms with Gasteiger partial charge >= 0.3 is 6.03 Å². The van der Waals surface area contributed by atoms with Gasteiger partial charge in [0.2, 0.25) is 5.91 Å². The zero-order chi connectivity index (χ0) is 17.8. The number of rotatable bonds is 4. The first-order chi connectivity index (χ1) is 12.1. The third kappa shape index (κ3) is 3.74. The van der Waals surface area contributed by atoms with E-state index < -0.39 is 0 Å². The van der Waals surface area contributed by atoms with Gasteiger partial charge in [-0.1, -0.05) is 6.07 Å². The number of hydrogen-bond acceptors (Lipinski definition) is 3. The van der Waals surface area contributed by atoms with E-state index in [9.17, 15) is 9.59 Å². The van der Waals surface area contributed by atoms with Gasteiger partial charge < -0.3 is 20.3 Å². The maximum absolute atomic E-state index is 12.2. The number of benzene rings is 2. The molecule has 0 aliphatic carbocycles. The summed E-state index contributed by atoms with van der Waals surface area (Å²) in [6.07, 6.45) is 1.19. The van der Waals surface area contributed by atoms with Crippen molar-refractivity contribution in [1.82, 2.24) is 0 Å².